The Hall–Kier alpha value is -2.34. The molecule has 3 aromatic rings. The number of rotatable bonds is 9. The maximum absolute atomic E-state index is 5.71. The number of nitrogens with zero attached hydrogens (tertiary/aromatic N) is 2. The van der Waals surface area contributed by atoms with Crippen molar-refractivity contribution in [2.24, 2.45) is 4.99 Å². The van der Waals surface area contributed by atoms with E-state index in [4.69, 9.17) is 11.6 Å². The standard InChI is InChI=1S/C19H29N5.C7H7Cl/c1-20-9-10-22-14-23-11-12-24-18-6-4-3-5-16(18)17-8-7-15(21-2)13-19(17)24;1-6-4-2-3-5-7(6)8/h7-8,13,21-23H,1,3-6,9-12,14H2,2H3;2-5H,1H3. The first-order valence-corrected chi connectivity index (χ1v) is 11.9. The molecule has 32 heavy (non-hydrogen) atoms. The Morgan fingerprint density at radius 2 is 1.84 bits per heavy atom. The fourth-order valence-corrected chi connectivity index (χ4v) is 4.34. The Labute approximate surface area is 197 Å². The van der Waals surface area contributed by atoms with E-state index in [1.54, 1.807) is 11.3 Å². The highest BCUT2D eigenvalue weighted by Gasteiger charge is 2.19. The van der Waals surface area contributed by atoms with Crippen molar-refractivity contribution in [3.63, 3.8) is 0 Å². The van der Waals surface area contributed by atoms with Crippen LogP contribution in [-0.2, 0) is 19.4 Å². The molecule has 0 bridgehead atoms. The molecule has 0 unspecified atom stereocenters. The molecule has 6 heteroatoms. The smallest absolute Gasteiger partial charge is 0.0507 e. The summed E-state index contributed by atoms with van der Waals surface area (Å²) in [6.07, 6.45) is 5.06. The molecule has 172 valence electrons. The Morgan fingerprint density at radius 1 is 1.06 bits per heavy atom. The summed E-state index contributed by atoms with van der Waals surface area (Å²) in [6.45, 7) is 9.93. The average molecular weight is 454 g/mol. The predicted octanol–water partition coefficient (Wildman–Crippen LogP) is 5.05. The van der Waals surface area contributed by atoms with Gasteiger partial charge in [-0.05, 0) is 68.7 Å². The zero-order valence-corrected chi connectivity index (χ0v) is 20.1. The minimum absolute atomic E-state index is 0.768. The van der Waals surface area contributed by atoms with Gasteiger partial charge in [-0.15, -0.1) is 0 Å². The first-order valence-electron chi connectivity index (χ1n) is 11.5. The number of fused-ring (bicyclic) bond motifs is 3. The molecule has 1 aliphatic carbocycles. The van der Waals surface area contributed by atoms with Crippen molar-refractivity contribution in [2.75, 3.05) is 38.7 Å². The molecule has 0 atom stereocenters. The fourth-order valence-electron chi connectivity index (χ4n) is 4.21. The van der Waals surface area contributed by atoms with Crippen LogP contribution in [0.5, 0.6) is 0 Å². The molecule has 0 saturated carbocycles. The lowest BCUT2D eigenvalue weighted by atomic mass is 9.95. The molecule has 4 rings (SSSR count). The van der Waals surface area contributed by atoms with Crippen LogP contribution in [0.3, 0.4) is 0 Å². The Kier molecular flexibility index (Phi) is 9.60. The zero-order chi connectivity index (χ0) is 22.8. The summed E-state index contributed by atoms with van der Waals surface area (Å²) in [5.74, 6) is 0. The van der Waals surface area contributed by atoms with Crippen molar-refractivity contribution in [3.05, 3.63) is 64.3 Å². The molecule has 2 aromatic carbocycles. The molecule has 0 radical (unpaired) electrons. The summed E-state index contributed by atoms with van der Waals surface area (Å²) in [7, 11) is 1.99. The highest BCUT2D eigenvalue weighted by atomic mass is 35.5. The number of benzene rings is 2. The van der Waals surface area contributed by atoms with Gasteiger partial charge >= 0.3 is 0 Å². The number of hydrogen-bond donors (Lipinski definition) is 3. The second-order valence-corrected chi connectivity index (χ2v) is 8.55. The minimum atomic E-state index is 0.768. The monoisotopic (exact) mass is 453 g/mol. The van der Waals surface area contributed by atoms with Crippen molar-refractivity contribution < 1.29 is 0 Å². The van der Waals surface area contributed by atoms with E-state index in [1.807, 2.05) is 38.2 Å². The summed E-state index contributed by atoms with van der Waals surface area (Å²) < 4.78 is 2.53. The molecule has 5 nitrogen and oxygen atoms in total. The van der Waals surface area contributed by atoms with Gasteiger partial charge in [-0.3, -0.25) is 4.99 Å². The summed E-state index contributed by atoms with van der Waals surface area (Å²) >= 11 is 5.71. The molecule has 0 fully saturated rings. The van der Waals surface area contributed by atoms with Gasteiger partial charge in [-0.1, -0.05) is 35.9 Å². The first-order chi connectivity index (χ1) is 15.7. The lowest BCUT2D eigenvalue weighted by Gasteiger charge is -2.16. The SMILES string of the molecule is C=NCCNCNCCn1c2c(c3ccc(NC)cc31)CCCC2.Cc1ccccc1Cl. The van der Waals surface area contributed by atoms with Crippen LogP contribution in [0, 0.1) is 6.92 Å². The molecule has 0 spiro atoms. The van der Waals surface area contributed by atoms with Gasteiger partial charge in [0, 0.05) is 55.1 Å². The number of aromatic nitrogens is 1. The van der Waals surface area contributed by atoms with E-state index in [-0.39, 0.29) is 0 Å². The topological polar surface area (TPSA) is 53.4 Å². The van der Waals surface area contributed by atoms with Crippen LogP contribution in [-0.4, -0.2) is 44.6 Å². The summed E-state index contributed by atoms with van der Waals surface area (Å²) in [5.41, 5.74) is 6.82. The van der Waals surface area contributed by atoms with Crippen LogP contribution in [0.4, 0.5) is 5.69 Å². The van der Waals surface area contributed by atoms with Gasteiger partial charge in [0.15, 0.2) is 0 Å². The van der Waals surface area contributed by atoms with Gasteiger partial charge in [-0.2, -0.15) is 0 Å². The number of aliphatic imine (C=N–C) groups is 1. The highest BCUT2D eigenvalue weighted by molar-refractivity contribution is 6.31. The van der Waals surface area contributed by atoms with E-state index in [9.17, 15) is 0 Å². The van der Waals surface area contributed by atoms with E-state index in [0.29, 0.717) is 0 Å². The second kappa shape index (κ2) is 12.6. The summed E-state index contributed by atoms with van der Waals surface area (Å²) in [6, 6.07) is 14.5. The molecule has 3 N–H and O–H groups in total. The largest absolute Gasteiger partial charge is 0.388 e. The second-order valence-electron chi connectivity index (χ2n) is 8.14. The average Bonchev–Trinajstić information content (AvgIpc) is 3.14. The van der Waals surface area contributed by atoms with Crippen LogP contribution in [0.1, 0.15) is 29.7 Å². The van der Waals surface area contributed by atoms with Gasteiger partial charge in [0.2, 0.25) is 0 Å². The Morgan fingerprint density at radius 3 is 2.56 bits per heavy atom. The molecule has 1 heterocycles. The number of anilines is 1. The Balaban J connectivity index is 0.000000305. The van der Waals surface area contributed by atoms with Crippen molar-refractivity contribution in [1.29, 1.82) is 0 Å². The van der Waals surface area contributed by atoms with E-state index in [2.05, 4.69) is 50.4 Å². The molecule has 1 aromatic heterocycles. The molecule has 0 saturated heterocycles. The van der Waals surface area contributed by atoms with E-state index < -0.39 is 0 Å². The van der Waals surface area contributed by atoms with Crippen molar-refractivity contribution in [2.45, 2.75) is 39.2 Å². The van der Waals surface area contributed by atoms with Gasteiger partial charge in [0.1, 0.15) is 0 Å². The normalized spacial score (nSPS) is 12.7. The van der Waals surface area contributed by atoms with Crippen LogP contribution in [0.2, 0.25) is 5.02 Å². The number of halogens is 1. The third-order valence-corrected chi connectivity index (χ3v) is 6.38. The zero-order valence-electron chi connectivity index (χ0n) is 19.4. The fraction of sp³-hybridized carbons (Fsp3) is 0.423. The number of nitrogens with one attached hydrogen (secondary N) is 3. The molecule has 0 amide bonds. The maximum atomic E-state index is 5.71. The van der Waals surface area contributed by atoms with Crippen molar-refractivity contribution >= 4 is 34.9 Å². The molecule has 1 aliphatic rings. The van der Waals surface area contributed by atoms with Crippen LogP contribution >= 0.6 is 11.6 Å². The quantitative estimate of drug-likeness (QED) is 0.241. The van der Waals surface area contributed by atoms with Gasteiger partial charge < -0.3 is 20.5 Å². The third kappa shape index (κ3) is 6.35. The minimum Gasteiger partial charge on any atom is -0.388 e. The van der Waals surface area contributed by atoms with E-state index in [1.165, 1.54) is 42.3 Å². The van der Waals surface area contributed by atoms with Crippen LogP contribution in [0.25, 0.3) is 10.9 Å². The van der Waals surface area contributed by atoms with Crippen LogP contribution in [0.15, 0.2) is 47.5 Å². The van der Waals surface area contributed by atoms with Crippen molar-refractivity contribution in [3.8, 4) is 0 Å². The van der Waals surface area contributed by atoms with E-state index >= 15 is 0 Å². The predicted molar refractivity (Wildman–Crippen MR) is 140 cm³/mol. The van der Waals surface area contributed by atoms with Crippen molar-refractivity contribution in [1.82, 2.24) is 15.2 Å². The van der Waals surface area contributed by atoms with Gasteiger partial charge in [0.05, 0.1) is 12.1 Å². The molecular formula is C26H36ClN5. The Bertz CT molecular complexity index is 990. The highest BCUT2D eigenvalue weighted by Crippen LogP contribution is 2.33. The molecule has 0 aliphatic heterocycles. The van der Waals surface area contributed by atoms with Gasteiger partial charge in [0.25, 0.3) is 0 Å². The maximum Gasteiger partial charge on any atom is 0.0507 e. The lowest BCUT2D eigenvalue weighted by molar-refractivity contribution is 0.539. The third-order valence-electron chi connectivity index (χ3n) is 5.95. The number of aryl methyl sites for hydroxylation is 2. The first kappa shape index (κ1) is 24.3. The van der Waals surface area contributed by atoms with Crippen LogP contribution < -0.4 is 16.0 Å². The summed E-state index contributed by atoms with van der Waals surface area (Å²) in [4.78, 5) is 3.84. The van der Waals surface area contributed by atoms with Gasteiger partial charge in [-0.25, -0.2) is 0 Å². The van der Waals surface area contributed by atoms with E-state index in [0.717, 1.165) is 43.4 Å². The number of hydrogen-bond acceptors (Lipinski definition) is 4. The summed E-state index contributed by atoms with van der Waals surface area (Å²) in [5, 5.41) is 12.3. The molecular weight excluding hydrogens is 418 g/mol. The lowest BCUT2D eigenvalue weighted by Crippen LogP contribution is -2.32.